The van der Waals surface area contributed by atoms with Gasteiger partial charge in [0.15, 0.2) is 0 Å². The summed E-state index contributed by atoms with van der Waals surface area (Å²) in [4.78, 5) is 0. The zero-order chi connectivity index (χ0) is 13.6. The number of ether oxygens (including phenoxy) is 2. The normalized spacial score (nSPS) is 18.7. The number of nitrogens with one attached hydrogen (secondary N) is 1. The van der Waals surface area contributed by atoms with E-state index < -0.39 is 0 Å². The largest absolute Gasteiger partial charge is 0.457 e. The standard InChI is InChI=1S/C17H19NO2/c1-2-4-15(5-3-1)20-16-8-6-14(7-9-16)12-17-13-18-10-11-19-17/h1-9,17-18H,10-13H2. The Morgan fingerprint density at radius 3 is 2.45 bits per heavy atom. The topological polar surface area (TPSA) is 30.5 Å². The van der Waals surface area contributed by atoms with E-state index >= 15 is 0 Å². The van der Waals surface area contributed by atoms with Crippen LogP contribution in [0.3, 0.4) is 0 Å². The van der Waals surface area contributed by atoms with Crippen molar-refractivity contribution < 1.29 is 9.47 Å². The first-order chi connectivity index (χ1) is 9.90. The third-order valence-electron chi connectivity index (χ3n) is 3.37. The molecule has 0 saturated carbocycles. The van der Waals surface area contributed by atoms with Crippen LogP contribution < -0.4 is 10.1 Å². The Bertz CT molecular complexity index is 518. The molecule has 104 valence electrons. The number of rotatable bonds is 4. The van der Waals surface area contributed by atoms with Gasteiger partial charge in [-0.05, 0) is 36.2 Å². The van der Waals surface area contributed by atoms with Crippen molar-refractivity contribution in [2.24, 2.45) is 0 Å². The molecule has 0 aromatic heterocycles. The molecule has 1 fully saturated rings. The monoisotopic (exact) mass is 269 g/mol. The zero-order valence-electron chi connectivity index (χ0n) is 11.4. The van der Waals surface area contributed by atoms with Gasteiger partial charge >= 0.3 is 0 Å². The Labute approximate surface area is 119 Å². The van der Waals surface area contributed by atoms with E-state index in [9.17, 15) is 0 Å². The Morgan fingerprint density at radius 1 is 1.00 bits per heavy atom. The molecule has 1 aliphatic heterocycles. The molecule has 1 aliphatic rings. The van der Waals surface area contributed by atoms with Crippen LogP contribution in [0, 0.1) is 0 Å². The molecule has 1 N–H and O–H groups in total. The first-order valence-electron chi connectivity index (χ1n) is 7.04. The molecule has 1 unspecified atom stereocenters. The van der Waals surface area contributed by atoms with E-state index in [0.29, 0.717) is 0 Å². The molecule has 0 bridgehead atoms. The Morgan fingerprint density at radius 2 is 1.75 bits per heavy atom. The Balaban J connectivity index is 1.59. The number of morpholine rings is 1. The molecule has 0 amide bonds. The first-order valence-corrected chi connectivity index (χ1v) is 7.04. The smallest absolute Gasteiger partial charge is 0.127 e. The first kappa shape index (κ1) is 13.2. The van der Waals surface area contributed by atoms with Gasteiger partial charge < -0.3 is 14.8 Å². The van der Waals surface area contributed by atoms with Gasteiger partial charge in [-0.1, -0.05) is 30.3 Å². The van der Waals surface area contributed by atoms with Crippen molar-refractivity contribution in [2.75, 3.05) is 19.7 Å². The third kappa shape index (κ3) is 3.59. The van der Waals surface area contributed by atoms with Gasteiger partial charge in [0.2, 0.25) is 0 Å². The summed E-state index contributed by atoms with van der Waals surface area (Å²) in [5.74, 6) is 1.72. The lowest BCUT2D eigenvalue weighted by atomic mass is 10.1. The quantitative estimate of drug-likeness (QED) is 0.925. The fourth-order valence-electron chi connectivity index (χ4n) is 2.33. The van der Waals surface area contributed by atoms with Gasteiger partial charge in [-0.2, -0.15) is 0 Å². The van der Waals surface area contributed by atoms with Gasteiger partial charge in [-0.3, -0.25) is 0 Å². The SMILES string of the molecule is c1ccc(Oc2ccc(CC3CNCCO3)cc2)cc1. The molecule has 1 atom stereocenters. The molecule has 0 radical (unpaired) electrons. The van der Waals surface area contributed by atoms with Crippen LogP contribution in [-0.4, -0.2) is 25.8 Å². The number of para-hydroxylation sites is 1. The second-order valence-corrected chi connectivity index (χ2v) is 4.96. The van der Waals surface area contributed by atoms with Crippen LogP contribution in [0.1, 0.15) is 5.56 Å². The van der Waals surface area contributed by atoms with Crippen molar-refractivity contribution in [1.29, 1.82) is 0 Å². The highest BCUT2D eigenvalue weighted by atomic mass is 16.5. The summed E-state index contributed by atoms with van der Waals surface area (Å²) < 4.78 is 11.5. The third-order valence-corrected chi connectivity index (χ3v) is 3.37. The molecular weight excluding hydrogens is 250 g/mol. The summed E-state index contributed by atoms with van der Waals surface area (Å²) >= 11 is 0. The summed E-state index contributed by atoms with van der Waals surface area (Å²) in [6.07, 6.45) is 1.23. The zero-order valence-corrected chi connectivity index (χ0v) is 11.4. The van der Waals surface area contributed by atoms with Gasteiger partial charge in [-0.25, -0.2) is 0 Å². The summed E-state index contributed by atoms with van der Waals surface area (Å²) in [6, 6.07) is 18.1. The highest BCUT2D eigenvalue weighted by molar-refractivity contribution is 5.33. The minimum atomic E-state index is 0.282. The number of hydrogen-bond donors (Lipinski definition) is 1. The van der Waals surface area contributed by atoms with Crippen LogP contribution in [0.25, 0.3) is 0 Å². The number of hydrogen-bond acceptors (Lipinski definition) is 3. The van der Waals surface area contributed by atoms with E-state index in [2.05, 4.69) is 17.4 Å². The van der Waals surface area contributed by atoms with Crippen LogP contribution in [0.15, 0.2) is 54.6 Å². The van der Waals surface area contributed by atoms with Crippen molar-refractivity contribution in [3.05, 3.63) is 60.2 Å². The fraction of sp³-hybridized carbons (Fsp3) is 0.294. The minimum Gasteiger partial charge on any atom is -0.457 e. The molecule has 2 aromatic carbocycles. The van der Waals surface area contributed by atoms with Gasteiger partial charge in [0.1, 0.15) is 11.5 Å². The molecule has 0 aliphatic carbocycles. The maximum absolute atomic E-state index is 5.78. The lowest BCUT2D eigenvalue weighted by Gasteiger charge is -2.23. The fourth-order valence-corrected chi connectivity index (χ4v) is 2.33. The maximum atomic E-state index is 5.78. The van der Waals surface area contributed by atoms with Gasteiger partial charge in [0, 0.05) is 13.1 Å². The van der Waals surface area contributed by atoms with E-state index in [4.69, 9.17) is 9.47 Å². The Kier molecular flexibility index (Phi) is 4.31. The van der Waals surface area contributed by atoms with Crippen LogP contribution in [0.4, 0.5) is 0 Å². The van der Waals surface area contributed by atoms with Crippen molar-refractivity contribution in [2.45, 2.75) is 12.5 Å². The molecule has 20 heavy (non-hydrogen) atoms. The van der Waals surface area contributed by atoms with Crippen LogP contribution in [-0.2, 0) is 11.2 Å². The van der Waals surface area contributed by atoms with E-state index in [-0.39, 0.29) is 6.10 Å². The van der Waals surface area contributed by atoms with E-state index in [1.807, 2.05) is 42.5 Å². The van der Waals surface area contributed by atoms with Crippen LogP contribution in [0.2, 0.25) is 0 Å². The molecule has 1 saturated heterocycles. The highest BCUT2D eigenvalue weighted by Crippen LogP contribution is 2.21. The predicted octanol–water partition coefficient (Wildman–Crippen LogP) is 3.01. The summed E-state index contributed by atoms with van der Waals surface area (Å²) in [5, 5.41) is 3.35. The maximum Gasteiger partial charge on any atom is 0.127 e. The molecule has 3 heteroatoms. The lowest BCUT2D eigenvalue weighted by Crippen LogP contribution is -2.39. The van der Waals surface area contributed by atoms with E-state index in [1.54, 1.807) is 0 Å². The average Bonchev–Trinajstić information content (AvgIpc) is 2.51. The van der Waals surface area contributed by atoms with E-state index in [0.717, 1.165) is 37.6 Å². The minimum absolute atomic E-state index is 0.282. The van der Waals surface area contributed by atoms with Crippen molar-refractivity contribution in [3.63, 3.8) is 0 Å². The van der Waals surface area contributed by atoms with Crippen molar-refractivity contribution in [3.8, 4) is 11.5 Å². The number of benzene rings is 2. The average molecular weight is 269 g/mol. The Hall–Kier alpha value is -1.84. The summed E-state index contributed by atoms with van der Waals surface area (Å²) in [5.41, 5.74) is 1.28. The molecular formula is C17H19NO2. The predicted molar refractivity (Wildman–Crippen MR) is 79.3 cm³/mol. The van der Waals surface area contributed by atoms with Crippen molar-refractivity contribution in [1.82, 2.24) is 5.32 Å². The second-order valence-electron chi connectivity index (χ2n) is 4.96. The van der Waals surface area contributed by atoms with E-state index in [1.165, 1.54) is 5.56 Å². The second kappa shape index (κ2) is 6.55. The highest BCUT2D eigenvalue weighted by Gasteiger charge is 2.13. The molecule has 3 rings (SSSR count). The molecule has 1 heterocycles. The summed E-state index contributed by atoms with van der Waals surface area (Å²) in [7, 11) is 0. The van der Waals surface area contributed by atoms with Gasteiger partial charge in [0.05, 0.1) is 12.7 Å². The van der Waals surface area contributed by atoms with Crippen LogP contribution in [0.5, 0.6) is 11.5 Å². The lowest BCUT2D eigenvalue weighted by molar-refractivity contribution is 0.0292. The van der Waals surface area contributed by atoms with Gasteiger partial charge in [-0.15, -0.1) is 0 Å². The molecule has 3 nitrogen and oxygen atoms in total. The van der Waals surface area contributed by atoms with Crippen molar-refractivity contribution >= 4 is 0 Å². The molecule has 0 spiro atoms. The summed E-state index contributed by atoms with van der Waals surface area (Å²) in [6.45, 7) is 2.70. The van der Waals surface area contributed by atoms with Gasteiger partial charge in [0.25, 0.3) is 0 Å². The molecule has 2 aromatic rings. The van der Waals surface area contributed by atoms with Crippen LogP contribution >= 0.6 is 0 Å².